The molecule has 1 saturated carbocycles. The first kappa shape index (κ1) is 14.9. The van der Waals surface area contributed by atoms with Crippen LogP contribution in [0.2, 0.25) is 0 Å². The SMILES string of the molecule is CC(C)[C@@H]1CC[C@@H](C)CC1OC(=O)c1ccccc1N. The second kappa shape index (κ2) is 6.29. The van der Waals surface area contributed by atoms with Gasteiger partial charge in [0.15, 0.2) is 0 Å². The number of ether oxygens (including phenoxy) is 1. The van der Waals surface area contributed by atoms with Crippen molar-refractivity contribution in [3.05, 3.63) is 29.8 Å². The molecule has 0 amide bonds. The average molecular weight is 275 g/mol. The zero-order chi connectivity index (χ0) is 14.7. The Morgan fingerprint density at radius 1 is 1.30 bits per heavy atom. The molecule has 0 saturated heterocycles. The van der Waals surface area contributed by atoms with E-state index >= 15 is 0 Å². The number of anilines is 1. The molecule has 1 aliphatic carbocycles. The summed E-state index contributed by atoms with van der Waals surface area (Å²) in [6.07, 6.45) is 3.35. The summed E-state index contributed by atoms with van der Waals surface area (Å²) in [5, 5.41) is 0. The van der Waals surface area contributed by atoms with Gasteiger partial charge in [-0.15, -0.1) is 0 Å². The second-order valence-electron chi connectivity index (χ2n) is 6.36. The first-order valence-corrected chi connectivity index (χ1v) is 7.54. The Morgan fingerprint density at radius 2 is 2.00 bits per heavy atom. The van der Waals surface area contributed by atoms with E-state index in [0.29, 0.717) is 29.0 Å². The summed E-state index contributed by atoms with van der Waals surface area (Å²) in [7, 11) is 0. The topological polar surface area (TPSA) is 52.3 Å². The highest BCUT2D eigenvalue weighted by Gasteiger charge is 2.33. The van der Waals surface area contributed by atoms with Crippen molar-refractivity contribution in [3.8, 4) is 0 Å². The van der Waals surface area contributed by atoms with E-state index in [0.717, 1.165) is 12.8 Å². The van der Waals surface area contributed by atoms with E-state index < -0.39 is 0 Å². The van der Waals surface area contributed by atoms with E-state index in [1.54, 1.807) is 12.1 Å². The van der Waals surface area contributed by atoms with Crippen molar-refractivity contribution in [3.63, 3.8) is 0 Å². The lowest BCUT2D eigenvalue weighted by Gasteiger charge is -2.36. The smallest absolute Gasteiger partial charge is 0.340 e. The quantitative estimate of drug-likeness (QED) is 0.672. The lowest BCUT2D eigenvalue weighted by Crippen LogP contribution is -2.36. The Hall–Kier alpha value is -1.51. The van der Waals surface area contributed by atoms with Crippen molar-refractivity contribution in [2.75, 3.05) is 5.73 Å². The fourth-order valence-electron chi connectivity index (χ4n) is 3.13. The Kier molecular flexibility index (Phi) is 4.69. The summed E-state index contributed by atoms with van der Waals surface area (Å²) < 4.78 is 5.78. The minimum absolute atomic E-state index is 0.0193. The number of benzene rings is 1. The third kappa shape index (κ3) is 3.33. The standard InChI is InChI=1S/C17H25NO2/c1-11(2)13-9-8-12(3)10-16(13)20-17(19)14-6-4-5-7-15(14)18/h4-7,11-13,16H,8-10,18H2,1-3H3/t12-,13+,16?/m1/s1. The Bertz CT molecular complexity index is 470. The van der Waals surface area contributed by atoms with Crippen LogP contribution in [-0.2, 0) is 4.74 Å². The number of nitrogen functional groups attached to an aromatic ring is 1. The van der Waals surface area contributed by atoms with Gasteiger partial charge in [0.25, 0.3) is 0 Å². The van der Waals surface area contributed by atoms with Gasteiger partial charge in [-0.05, 0) is 42.7 Å². The molecule has 1 aromatic rings. The summed E-state index contributed by atoms with van der Waals surface area (Å²) in [6.45, 7) is 6.64. The van der Waals surface area contributed by atoms with Crippen LogP contribution in [0.1, 0.15) is 50.4 Å². The molecule has 20 heavy (non-hydrogen) atoms. The van der Waals surface area contributed by atoms with Gasteiger partial charge in [-0.3, -0.25) is 0 Å². The van der Waals surface area contributed by atoms with Crippen molar-refractivity contribution in [2.24, 2.45) is 17.8 Å². The molecular formula is C17H25NO2. The van der Waals surface area contributed by atoms with E-state index in [1.807, 2.05) is 12.1 Å². The van der Waals surface area contributed by atoms with Crippen LogP contribution in [0.25, 0.3) is 0 Å². The molecule has 0 aliphatic heterocycles. The number of hydrogen-bond donors (Lipinski definition) is 1. The minimum atomic E-state index is -0.284. The lowest BCUT2D eigenvalue weighted by atomic mass is 9.75. The van der Waals surface area contributed by atoms with Crippen molar-refractivity contribution in [1.82, 2.24) is 0 Å². The highest BCUT2D eigenvalue weighted by Crippen LogP contribution is 2.35. The molecule has 1 aromatic carbocycles. The molecule has 0 bridgehead atoms. The van der Waals surface area contributed by atoms with Crippen LogP contribution in [0.4, 0.5) is 5.69 Å². The number of esters is 1. The number of carbonyl (C=O) groups excluding carboxylic acids is 1. The van der Waals surface area contributed by atoms with E-state index in [1.165, 1.54) is 6.42 Å². The molecule has 1 aliphatic rings. The van der Waals surface area contributed by atoms with Crippen LogP contribution in [0, 0.1) is 17.8 Å². The fraction of sp³-hybridized carbons (Fsp3) is 0.588. The van der Waals surface area contributed by atoms with Crippen LogP contribution in [0.15, 0.2) is 24.3 Å². The predicted octanol–water partition coefficient (Wildman–Crippen LogP) is 3.89. The maximum atomic E-state index is 12.3. The van der Waals surface area contributed by atoms with Gasteiger partial charge in [-0.2, -0.15) is 0 Å². The number of carbonyl (C=O) groups is 1. The summed E-state index contributed by atoms with van der Waals surface area (Å²) in [5.41, 5.74) is 6.82. The van der Waals surface area contributed by atoms with Gasteiger partial charge >= 0.3 is 5.97 Å². The van der Waals surface area contributed by atoms with E-state index in [4.69, 9.17) is 10.5 Å². The van der Waals surface area contributed by atoms with Crippen LogP contribution in [0.3, 0.4) is 0 Å². The minimum Gasteiger partial charge on any atom is -0.458 e. The zero-order valence-electron chi connectivity index (χ0n) is 12.6. The summed E-state index contributed by atoms with van der Waals surface area (Å²) in [6, 6.07) is 7.11. The van der Waals surface area contributed by atoms with Crippen LogP contribution in [0.5, 0.6) is 0 Å². The second-order valence-corrected chi connectivity index (χ2v) is 6.36. The van der Waals surface area contributed by atoms with Gasteiger partial charge in [0, 0.05) is 5.69 Å². The van der Waals surface area contributed by atoms with Crippen molar-refractivity contribution in [1.29, 1.82) is 0 Å². The molecule has 2 rings (SSSR count). The molecule has 3 heteroatoms. The van der Waals surface area contributed by atoms with Gasteiger partial charge in [-0.1, -0.05) is 39.3 Å². The zero-order valence-corrected chi connectivity index (χ0v) is 12.6. The molecule has 1 unspecified atom stereocenters. The van der Waals surface area contributed by atoms with Crippen molar-refractivity contribution < 1.29 is 9.53 Å². The fourth-order valence-corrected chi connectivity index (χ4v) is 3.13. The van der Waals surface area contributed by atoms with Crippen LogP contribution in [-0.4, -0.2) is 12.1 Å². The Labute approximate surface area is 121 Å². The number of para-hydroxylation sites is 1. The van der Waals surface area contributed by atoms with Crippen LogP contribution >= 0.6 is 0 Å². The number of rotatable bonds is 3. The van der Waals surface area contributed by atoms with Crippen LogP contribution < -0.4 is 5.73 Å². The Balaban J connectivity index is 2.10. The third-order valence-corrected chi connectivity index (χ3v) is 4.40. The average Bonchev–Trinajstić information content (AvgIpc) is 2.38. The maximum Gasteiger partial charge on any atom is 0.340 e. The van der Waals surface area contributed by atoms with Crippen molar-refractivity contribution >= 4 is 11.7 Å². The van der Waals surface area contributed by atoms with Gasteiger partial charge in [0.05, 0.1) is 5.56 Å². The highest BCUT2D eigenvalue weighted by molar-refractivity contribution is 5.95. The molecule has 0 aromatic heterocycles. The molecule has 3 atom stereocenters. The normalized spacial score (nSPS) is 26.5. The largest absolute Gasteiger partial charge is 0.458 e. The maximum absolute atomic E-state index is 12.3. The molecule has 0 heterocycles. The lowest BCUT2D eigenvalue weighted by molar-refractivity contribution is -0.0173. The van der Waals surface area contributed by atoms with E-state index in [9.17, 15) is 4.79 Å². The van der Waals surface area contributed by atoms with E-state index in [-0.39, 0.29) is 12.1 Å². The summed E-state index contributed by atoms with van der Waals surface area (Å²) >= 11 is 0. The highest BCUT2D eigenvalue weighted by atomic mass is 16.5. The van der Waals surface area contributed by atoms with Gasteiger partial charge in [0.1, 0.15) is 6.10 Å². The Morgan fingerprint density at radius 3 is 2.65 bits per heavy atom. The predicted molar refractivity (Wildman–Crippen MR) is 81.4 cm³/mol. The van der Waals surface area contributed by atoms with Gasteiger partial charge < -0.3 is 10.5 Å². The summed E-state index contributed by atoms with van der Waals surface area (Å²) in [4.78, 5) is 12.3. The first-order chi connectivity index (χ1) is 9.49. The molecular weight excluding hydrogens is 250 g/mol. The van der Waals surface area contributed by atoms with Gasteiger partial charge in [0.2, 0.25) is 0 Å². The molecule has 3 nitrogen and oxygen atoms in total. The monoisotopic (exact) mass is 275 g/mol. The molecule has 110 valence electrons. The molecule has 1 fully saturated rings. The molecule has 2 N–H and O–H groups in total. The first-order valence-electron chi connectivity index (χ1n) is 7.54. The number of hydrogen-bond acceptors (Lipinski definition) is 3. The number of nitrogens with two attached hydrogens (primary N) is 1. The summed E-state index contributed by atoms with van der Waals surface area (Å²) in [5.74, 6) is 1.33. The van der Waals surface area contributed by atoms with Crippen molar-refractivity contribution in [2.45, 2.75) is 46.1 Å². The van der Waals surface area contributed by atoms with Gasteiger partial charge in [-0.25, -0.2) is 4.79 Å². The van der Waals surface area contributed by atoms with E-state index in [2.05, 4.69) is 20.8 Å². The molecule has 0 spiro atoms. The third-order valence-electron chi connectivity index (χ3n) is 4.40. The molecule has 0 radical (unpaired) electrons.